The maximum absolute atomic E-state index is 12.9. The van der Waals surface area contributed by atoms with E-state index in [0.29, 0.717) is 25.3 Å². The number of halogens is 1. The fourth-order valence-corrected chi connectivity index (χ4v) is 4.58. The second kappa shape index (κ2) is 8.57. The highest BCUT2D eigenvalue weighted by molar-refractivity contribution is 6.09. The molecule has 1 aliphatic carbocycles. The van der Waals surface area contributed by atoms with Gasteiger partial charge in [0.15, 0.2) is 0 Å². The molecule has 3 fully saturated rings. The maximum Gasteiger partial charge on any atom is 0.325 e. The largest absolute Gasteiger partial charge is 0.337 e. The molecule has 1 atom stereocenters. The van der Waals surface area contributed by atoms with Gasteiger partial charge in [-0.1, -0.05) is 13.3 Å². The standard InChI is InChI=1S/C18H30N4O3.ClH/c1-3-13-6-8-18(9-7-13)16(24)22(17(25)20-18)12-15(23)21-10-4-5-14(21)11-19-2;/h13-14,19H,3-12H2,1-2H3,(H,20,25);1H. The van der Waals surface area contributed by atoms with Crippen molar-refractivity contribution in [2.24, 2.45) is 5.92 Å². The molecule has 2 aliphatic heterocycles. The Bertz CT molecular complexity index is 549. The summed E-state index contributed by atoms with van der Waals surface area (Å²) in [4.78, 5) is 40.9. The Hall–Kier alpha value is -1.34. The molecular formula is C18H31ClN4O3. The summed E-state index contributed by atoms with van der Waals surface area (Å²) in [5.74, 6) is 0.309. The second-order valence-electron chi connectivity index (χ2n) is 7.70. The number of rotatable bonds is 5. The van der Waals surface area contributed by atoms with Crippen molar-refractivity contribution in [2.75, 3.05) is 26.7 Å². The summed E-state index contributed by atoms with van der Waals surface area (Å²) in [6.45, 7) is 3.48. The highest BCUT2D eigenvalue weighted by Gasteiger charge is 2.52. The van der Waals surface area contributed by atoms with Gasteiger partial charge in [0, 0.05) is 19.1 Å². The minimum absolute atomic E-state index is 0. The van der Waals surface area contributed by atoms with Gasteiger partial charge in [0.05, 0.1) is 0 Å². The molecule has 3 aliphatic rings. The highest BCUT2D eigenvalue weighted by atomic mass is 35.5. The predicted octanol–water partition coefficient (Wildman–Crippen LogP) is 1.51. The average Bonchev–Trinajstić information content (AvgIpc) is 3.15. The van der Waals surface area contributed by atoms with Gasteiger partial charge in [-0.15, -0.1) is 12.4 Å². The first kappa shape index (κ1) is 21.0. The van der Waals surface area contributed by atoms with E-state index >= 15 is 0 Å². The van der Waals surface area contributed by atoms with Crippen molar-refractivity contribution in [2.45, 2.75) is 63.5 Å². The topological polar surface area (TPSA) is 81.8 Å². The molecule has 4 amide bonds. The number of amides is 4. The van der Waals surface area contributed by atoms with E-state index in [1.807, 2.05) is 11.9 Å². The minimum Gasteiger partial charge on any atom is -0.337 e. The quantitative estimate of drug-likeness (QED) is 0.702. The van der Waals surface area contributed by atoms with E-state index in [0.717, 1.165) is 43.5 Å². The zero-order valence-corrected chi connectivity index (χ0v) is 16.6. The van der Waals surface area contributed by atoms with Crippen LogP contribution in [0.1, 0.15) is 51.9 Å². The average molecular weight is 387 g/mol. The lowest BCUT2D eigenvalue weighted by Gasteiger charge is -2.34. The molecule has 148 valence electrons. The van der Waals surface area contributed by atoms with E-state index in [1.54, 1.807) is 0 Å². The first-order valence-electron chi connectivity index (χ1n) is 9.59. The van der Waals surface area contributed by atoms with Gasteiger partial charge in [-0.2, -0.15) is 0 Å². The van der Waals surface area contributed by atoms with E-state index in [-0.39, 0.29) is 36.8 Å². The smallest absolute Gasteiger partial charge is 0.325 e. The van der Waals surface area contributed by atoms with Crippen molar-refractivity contribution in [1.29, 1.82) is 0 Å². The molecule has 7 nitrogen and oxygen atoms in total. The number of nitrogens with zero attached hydrogens (tertiary/aromatic N) is 2. The van der Waals surface area contributed by atoms with Gasteiger partial charge >= 0.3 is 6.03 Å². The SMILES string of the molecule is CCC1CCC2(CC1)NC(=O)N(CC(=O)N1CCCC1CNC)C2=O.Cl. The zero-order chi connectivity index (χ0) is 18.0. The molecule has 8 heteroatoms. The third kappa shape index (κ3) is 3.83. The maximum atomic E-state index is 12.9. The van der Waals surface area contributed by atoms with E-state index < -0.39 is 11.6 Å². The van der Waals surface area contributed by atoms with Gasteiger partial charge in [0.1, 0.15) is 12.1 Å². The summed E-state index contributed by atoms with van der Waals surface area (Å²) in [5, 5.41) is 6.01. The van der Waals surface area contributed by atoms with E-state index in [2.05, 4.69) is 17.6 Å². The highest BCUT2D eigenvalue weighted by Crippen LogP contribution is 2.37. The number of carbonyl (C=O) groups excluding carboxylic acids is 3. The summed E-state index contributed by atoms with van der Waals surface area (Å²) in [5.41, 5.74) is -0.765. The number of likely N-dealkylation sites (N-methyl/N-ethyl adjacent to an activating group) is 1. The number of hydrogen-bond acceptors (Lipinski definition) is 4. The Kier molecular flexibility index (Phi) is 6.91. The fourth-order valence-electron chi connectivity index (χ4n) is 4.58. The van der Waals surface area contributed by atoms with Crippen LogP contribution in [0.25, 0.3) is 0 Å². The molecule has 0 aromatic rings. The number of urea groups is 1. The van der Waals surface area contributed by atoms with Crippen LogP contribution in [0.15, 0.2) is 0 Å². The Labute approximate surface area is 161 Å². The molecule has 1 saturated carbocycles. The van der Waals surface area contributed by atoms with Gasteiger partial charge in [-0.05, 0) is 51.5 Å². The zero-order valence-electron chi connectivity index (χ0n) is 15.8. The number of carbonyl (C=O) groups is 3. The van der Waals surface area contributed by atoms with Crippen LogP contribution in [0.2, 0.25) is 0 Å². The normalized spacial score (nSPS) is 31.3. The van der Waals surface area contributed by atoms with Gasteiger partial charge < -0.3 is 15.5 Å². The van der Waals surface area contributed by atoms with Crippen molar-refractivity contribution in [1.82, 2.24) is 20.4 Å². The number of hydrogen-bond donors (Lipinski definition) is 2. The van der Waals surface area contributed by atoms with Gasteiger partial charge in [0.2, 0.25) is 5.91 Å². The Morgan fingerprint density at radius 2 is 1.96 bits per heavy atom. The first-order chi connectivity index (χ1) is 12.0. The molecule has 1 unspecified atom stereocenters. The third-order valence-electron chi connectivity index (χ3n) is 6.21. The van der Waals surface area contributed by atoms with E-state index in [4.69, 9.17) is 0 Å². The van der Waals surface area contributed by atoms with Crippen LogP contribution in [-0.2, 0) is 9.59 Å². The monoisotopic (exact) mass is 386 g/mol. The summed E-state index contributed by atoms with van der Waals surface area (Å²) < 4.78 is 0. The molecule has 2 N–H and O–H groups in total. The van der Waals surface area contributed by atoms with Crippen molar-refractivity contribution >= 4 is 30.3 Å². The van der Waals surface area contributed by atoms with Crippen LogP contribution in [0.5, 0.6) is 0 Å². The molecule has 2 saturated heterocycles. The first-order valence-corrected chi connectivity index (χ1v) is 9.59. The van der Waals surface area contributed by atoms with Crippen molar-refractivity contribution < 1.29 is 14.4 Å². The third-order valence-corrected chi connectivity index (χ3v) is 6.21. The molecule has 1 spiro atoms. The lowest BCUT2D eigenvalue weighted by atomic mass is 9.75. The Morgan fingerprint density at radius 1 is 1.27 bits per heavy atom. The molecular weight excluding hydrogens is 356 g/mol. The van der Waals surface area contributed by atoms with Crippen LogP contribution in [0, 0.1) is 5.92 Å². The van der Waals surface area contributed by atoms with E-state index in [9.17, 15) is 14.4 Å². The predicted molar refractivity (Wildman–Crippen MR) is 101 cm³/mol. The number of nitrogens with one attached hydrogen (secondary N) is 2. The van der Waals surface area contributed by atoms with Crippen LogP contribution >= 0.6 is 12.4 Å². The fraction of sp³-hybridized carbons (Fsp3) is 0.833. The Morgan fingerprint density at radius 3 is 2.58 bits per heavy atom. The summed E-state index contributed by atoms with van der Waals surface area (Å²) in [6, 6.07) is -0.245. The van der Waals surface area contributed by atoms with Crippen molar-refractivity contribution in [3.8, 4) is 0 Å². The number of likely N-dealkylation sites (tertiary alicyclic amines) is 1. The minimum atomic E-state index is -0.765. The van der Waals surface area contributed by atoms with E-state index in [1.165, 1.54) is 0 Å². The molecule has 3 rings (SSSR count). The molecule has 26 heavy (non-hydrogen) atoms. The molecule has 2 heterocycles. The van der Waals surface area contributed by atoms with Crippen molar-refractivity contribution in [3.05, 3.63) is 0 Å². The lowest BCUT2D eigenvalue weighted by molar-refractivity contribution is -0.140. The second-order valence-corrected chi connectivity index (χ2v) is 7.70. The summed E-state index contributed by atoms with van der Waals surface area (Å²) in [6.07, 6.45) is 6.35. The molecule has 0 radical (unpaired) electrons. The van der Waals surface area contributed by atoms with Gasteiger partial charge in [-0.25, -0.2) is 4.79 Å². The van der Waals surface area contributed by atoms with Crippen molar-refractivity contribution in [3.63, 3.8) is 0 Å². The van der Waals surface area contributed by atoms with Gasteiger partial charge in [-0.3, -0.25) is 14.5 Å². The van der Waals surface area contributed by atoms with Crippen LogP contribution in [0.3, 0.4) is 0 Å². The Balaban J connectivity index is 0.00000243. The molecule has 0 aromatic heterocycles. The van der Waals surface area contributed by atoms with Crippen LogP contribution in [0.4, 0.5) is 4.79 Å². The lowest BCUT2D eigenvalue weighted by Crippen LogP contribution is -2.50. The molecule has 0 aromatic carbocycles. The summed E-state index contributed by atoms with van der Waals surface area (Å²) in [7, 11) is 1.87. The van der Waals surface area contributed by atoms with Crippen LogP contribution < -0.4 is 10.6 Å². The van der Waals surface area contributed by atoms with Crippen LogP contribution in [-0.4, -0.2) is 65.9 Å². The molecule has 0 bridgehead atoms. The summed E-state index contributed by atoms with van der Waals surface area (Å²) >= 11 is 0. The number of imide groups is 1. The van der Waals surface area contributed by atoms with Gasteiger partial charge in [0.25, 0.3) is 5.91 Å².